The van der Waals surface area contributed by atoms with E-state index >= 15 is 0 Å². The van der Waals surface area contributed by atoms with Gasteiger partial charge in [-0.3, -0.25) is 9.59 Å². The Morgan fingerprint density at radius 2 is 2.11 bits per heavy atom. The number of hydroxylamine groups is 3. The van der Waals surface area contributed by atoms with Crippen LogP contribution in [0.3, 0.4) is 0 Å². The molecule has 188 valence electrons. The van der Waals surface area contributed by atoms with Gasteiger partial charge in [0.1, 0.15) is 12.7 Å². The summed E-state index contributed by atoms with van der Waals surface area (Å²) in [7, 11) is 1.43. The fraction of sp³-hybridized carbons (Fsp3) is 0.417. The quantitative estimate of drug-likeness (QED) is 0.536. The first kappa shape index (κ1) is 24.5. The van der Waals surface area contributed by atoms with Crippen molar-refractivity contribution < 1.29 is 37.5 Å². The number of alkyl halides is 2. The minimum absolute atomic E-state index is 0.184. The molecular weight excluding hydrogens is 464 g/mol. The van der Waals surface area contributed by atoms with Crippen molar-refractivity contribution in [2.75, 3.05) is 13.7 Å². The average Bonchev–Trinajstić information content (AvgIpc) is 3.31. The Kier molecular flexibility index (Phi) is 7.54. The minimum Gasteiger partial charge on any atom is -0.493 e. The van der Waals surface area contributed by atoms with E-state index in [1.165, 1.54) is 19.1 Å². The van der Waals surface area contributed by atoms with E-state index in [-0.39, 0.29) is 35.7 Å². The molecule has 0 bridgehead atoms. The molecule has 9 nitrogen and oxygen atoms in total. The molecule has 3 unspecified atom stereocenters. The number of nitrogens with zero attached hydrogens (tertiary/aromatic N) is 1. The van der Waals surface area contributed by atoms with Crippen LogP contribution in [0.15, 0.2) is 54.0 Å². The zero-order valence-corrected chi connectivity index (χ0v) is 19.3. The molecule has 1 saturated carbocycles. The summed E-state index contributed by atoms with van der Waals surface area (Å²) in [6.45, 7) is 0.584. The Morgan fingerprint density at radius 3 is 2.86 bits per heavy atom. The van der Waals surface area contributed by atoms with Crippen molar-refractivity contribution in [2.45, 2.75) is 50.7 Å². The molecule has 1 aliphatic carbocycles. The highest BCUT2D eigenvalue weighted by molar-refractivity contribution is 5.97. The van der Waals surface area contributed by atoms with Gasteiger partial charge >= 0.3 is 5.97 Å². The van der Waals surface area contributed by atoms with Crippen molar-refractivity contribution in [1.29, 1.82) is 0 Å². The van der Waals surface area contributed by atoms with Crippen molar-refractivity contribution in [3.8, 4) is 11.5 Å². The maximum absolute atomic E-state index is 13.1. The van der Waals surface area contributed by atoms with E-state index in [1.807, 2.05) is 0 Å². The number of ether oxygens (including phenoxy) is 3. The van der Waals surface area contributed by atoms with Crippen LogP contribution in [0.25, 0.3) is 0 Å². The number of fused-ring (bicyclic) bond motifs is 1. The lowest BCUT2D eigenvalue weighted by atomic mass is 9.78. The predicted molar refractivity (Wildman–Crippen MR) is 120 cm³/mol. The van der Waals surface area contributed by atoms with Crippen LogP contribution < -0.4 is 20.3 Å². The van der Waals surface area contributed by atoms with Gasteiger partial charge in [0.25, 0.3) is 12.3 Å². The van der Waals surface area contributed by atoms with Crippen LogP contribution in [0, 0.1) is 0 Å². The van der Waals surface area contributed by atoms with Gasteiger partial charge < -0.3 is 19.5 Å². The van der Waals surface area contributed by atoms with Gasteiger partial charge in [-0.25, -0.2) is 19.3 Å². The number of carbonyl (C=O) groups is 2. The molecule has 0 saturated heterocycles. The van der Waals surface area contributed by atoms with Crippen LogP contribution in [-0.2, 0) is 19.3 Å². The number of amides is 1. The molecular formula is C24H27F2N3O6. The van der Waals surface area contributed by atoms with Crippen LogP contribution in [0.4, 0.5) is 8.78 Å². The summed E-state index contributed by atoms with van der Waals surface area (Å²) in [5.74, 6) is -0.391. The highest BCUT2D eigenvalue weighted by Gasteiger charge is 2.35. The second-order valence-corrected chi connectivity index (χ2v) is 8.36. The molecule has 2 aliphatic heterocycles. The molecule has 0 radical (unpaired) electrons. The van der Waals surface area contributed by atoms with Crippen molar-refractivity contribution in [2.24, 2.45) is 0 Å². The second kappa shape index (κ2) is 10.8. The number of halogens is 2. The predicted octanol–water partition coefficient (Wildman–Crippen LogP) is 3.07. The van der Waals surface area contributed by atoms with Gasteiger partial charge in [-0.2, -0.15) is 4.94 Å². The molecule has 2 heterocycles. The van der Waals surface area contributed by atoms with Gasteiger partial charge in [-0.1, -0.05) is 6.07 Å². The summed E-state index contributed by atoms with van der Waals surface area (Å²) in [6, 6.07) is 4.80. The van der Waals surface area contributed by atoms with E-state index in [0.29, 0.717) is 36.3 Å². The number of allylic oxidation sites excluding steroid dienone is 1. The average molecular weight is 491 g/mol. The first-order chi connectivity index (χ1) is 16.8. The number of carbonyl (C=O) groups excluding carboxylic acids is 2. The van der Waals surface area contributed by atoms with Crippen molar-refractivity contribution >= 4 is 11.9 Å². The van der Waals surface area contributed by atoms with Crippen molar-refractivity contribution in [1.82, 2.24) is 15.9 Å². The molecule has 3 aliphatic rings. The fourth-order valence-electron chi connectivity index (χ4n) is 4.43. The smallest absolute Gasteiger partial charge is 0.302 e. The van der Waals surface area contributed by atoms with E-state index in [2.05, 4.69) is 10.8 Å². The summed E-state index contributed by atoms with van der Waals surface area (Å²) < 4.78 is 41.5. The number of rotatable bonds is 8. The molecule has 1 aromatic carbocycles. The standard InChI is InChI=1S/C24H27F2N3O6/c1-14(30)34-18-4-5-20(28-24(31)16-7-8-29-17(9-16)12-27-35-29)19(11-18)15-3-6-21(32-2)22(10-15)33-13-23(25)26/h3,6-10,12,18-20,23,27H,4-5,11,13H2,1-2H3,(H,28,31). The highest BCUT2D eigenvalue weighted by atomic mass is 19.3. The van der Waals surface area contributed by atoms with Crippen LogP contribution in [0.5, 0.6) is 11.5 Å². The van der Waals surface area contributed by atoms with Crippen molar-refractivity contribution in [3.63, 3.8) is 0 Å². The maximum Gasteiger partial charge on any atom is 0.302 e. The summed E-state index contributed by atoms with van der Waals surface area (Å²) in [4.78, 5) is 29.8. The number of hydrogen-bond acceptors (Lipinski definition) is 8. The van der Waals surface area contributed by atoms with E-state index < -0.39 is 13.0 Å². The van der Waals surface area contributed by atoms with E-state index in [9.17, 15) is 18.4 Å². The Balaban J connectivity index is 1.56. The summed E-state index contributed by atoms with van der Waals surface area (Å²) in [6.07, 6.45) is 5.22. The zero-order valence-electron chi connectivity index (χ0n) is 19.3. The molecule has 3 atom stereocenters. The van der Waals surface area contributed by atoms with Gasteiger partial charge in [0.05, 0.1) is 19.0 Å². The lowest BCUT2D eigenvalue weighted by molar-refractivity contribution is -0.148. The first-order valence-corrected chi connectivity index (χ1v) is 11.2. The van der Waals surface area contributed by atoms with Crippen LogP contribution in [0.2, 0.25) is 0 Å². The summed E-state index contributed by atoms with van der Waals surface area (Å²) in [5, 5.41) is 4.58. The van der Waals surface area contributed by atoms with Gasteiger partial charge in [0.2, 0.25) is 0 Å². The molecule has 0 aromatic heterocycles. The number of benzene rings is 1. The van der Waals surface area contributed by atoms with Crippen molar-refractivity contribution in [3.05, 3.63) is 59.6 Å². The van der Waals surface area contributed by atoms with Gasteiger partial charge in [-0.05, 0) is 49.1 Å². The maximum atomic E-state index is 13.1. The van der Waals surface area contributed by atoms with E-state index in [4.69, 9.17) is 19.1 Å². The molecule has 35 heavy (non-hydrogen) atoms. The van der Waals surface area contributed by atoms with Gasteiger partial charge in [0.15, 0.2) is 11.5 Å². The molecule has 4 rings (SSSR count). The molecule has 11 heteroatoms. The van der Waals surface area contributed by atoms with Crippen LogP contribution >= 0.6 is 0 Å². The first-order valence-electron chi connectivity index (χ1n) is 11.2. The third kappa shape index (κ3) is 5.91. The summed E-state index contributed by atoms with van der Waals surface area (Å²) >= 11 is 0. The van der Waals surface area contributed by atoms with Gasteiger partial charge in [0, 0.05) is 30.7 Å². The third-order valence-corrected chi connectivity index (χ3v) is 6.00. The molecule has 0 spiro atoms. The monoisotopic (exact) mass is 491 g/mol. The van der Waals surface area contributed by atoms with E-state index in [0.717, 1.165) is 5.56 Å². The van der Waals surface area contributed by atoms with Crippen LogP contribution in [-0.4, -0.2) is 49.2 Å². The molecule has 2 N–H and O–H groups in total. The Hall–Kier alpha value is -3.60. The highest BCUT2D eigenvalue weighted by Crippen LogP contribution is 2.39. The molecule has 1 amide bonds. The fourth-order valence-corrected chi connectivity index (χ4v) is 4.43. The lowest BCUT2D eigenvalue weighted by Crippen LogP contribution is -2.45. The normalized spacial score (nSPS) is 23.1. The Bertz CT molecular complexity index is 1060. The minimum atomic E-state index is -2.64. The topological polar surface area (TPSA) is 98.4 Å². The lowest BCUT2D eigenvalue weighted by Gasteiger charge is -2.37. The zero-order chi connectivity index (χ0) is 24.9. The largest absolute Gasteiger partial charge is 0.493 e. The molecule has 1 fully saturated rings. The van der Waals surface area contributed by atoms with E-state index in [1.54, 1.807) is 42.8 Å². The Morgan fingerprint density at radius 1 is 1.29 bits per heavy atom. The summed E-state index contributed by atoms with van der Waals surface area (Å²) in [5.41, 5.74) is 4.51. The number of nitrogens with one attached hydrogen (secondary N) is 2. The third-order valence-electron chi connectivity index (χ3n) is 6.00. The number of methoxy groups -OCH3 is 1. The SMILES string of the molecule is COc1ccc(C2CC(OC(C)=O)CCC2NC(=O)C2=CC3=CNON3C=C2)cc1OCC(F)F. The second-order valence-electron chi connectivity index (χ2n) is 8.36. The van der Waals surface area contributed by atoms with Crippen LogP contribution in [0.1, 0.15) is 37.7 Å². The van der Waals surface area contributed by atoms with Gasteiger partial charge in [-0.15, -0.1) is 0 Å². The Labute approximate surface area is 201 Å². The number of esters is 1. The molecule has 1 aromatic rings. The number of hydrogen-bond donors (Lipinski definition) is 2.